The molecule has 4 nitrogen and oxygen atoms in total. The summed E-state index contributed by atoms with van der Waals surface area (Å²) in [5.74, 6) is 0.539. The molecular weight excluding hydrogens is 302 g/mol. The zero-order valence-electron chi connectivity index (χ0n) is 14.4. The molecule has 0 aromatic heterocycles. The van der Waals surface area contributed by atoms with Crippen LogP contribution < -0.4 is 10.1 Å². The molecule has 1 amide bonds. The van der Waals surface area contributed by atoms with Crippen molar-refractivity contribution >= 4 is 17.4 Å². The lowest BCUT2D eigenvalue weighted by molar-refractivity contribution is -0.116. The first-order valence-corrected chi connectivity index (χ1v) is 8.12. The predicted octanol–water partition coefficient (Wildman–Crippen LogP) is 4.30. The third kappa shape index (κ3) is 4.95. The highest BCUT2D eigenvalue weighted by molar-refractivity contribution is 6.00. The van der Waals surface area contributed by atoms with Gasteiger partial charge in [0, 0.05) is 24.1 Å². The van der Waals surface area contributed by atoms with E-state index in [0.29, 0.717) is 12.2 Å². The van der Waals surface area contributed by atoms with E-state index in [4.69, 9.17) is 4.74 Å². The van der Waals surface area contributed by atoms with Crippen LogP contribution in [-0.2, 0) is 4.79 Å². The van der Waals surface area contributed by atoms with Gasteiger partial charge in [-0.25, -0.2) is 0 Å². The molecule has 0 fully saturated rings. The van der Waals surface area contributed by atoms with Gasteiger partial charge in [0.15, 0.2) is 5.78 Å². The number of carbonyl (C=O) groups excluding carboxylic acids is 2. The van der Waals surface area contributed by atoms with Crippen molar-refractivity contribution in [2.75, 3.05) is 11.9 Å². The van der Waals surface area contributed by atoms with Gasteiger partial charge in [0.2, 0.25) is 5.91 Å². The van der Waals surface area contributed by atoms with Gasteiger partial charge in [0.1, 0.15) is 5.75 Å². The number of amides is 1. The van der Waals surface area contributed by atoms with E-state index in [2.05, 4.69) is 5.32 Å². The fourth-order valence-corrected chi connectivity index (χ4v) is 2.44. The van der Waals surface area contributed by atoms with E-state index in [9.17, 15) is 9.59 Å². The molecule has 126 valence electrons. The number of carbonyl (C=O) groups is 2. The van der Waals surface area contributed by atoms with E-state index in [-0.39, 0.29) is 24.5 Å². The molecule has 2 rings (SSSR count). The molecule has 0 bridgehead atoms. The molecule has 4 heteroatoms. The SMILES string of the molecule is CCOc1ccc(C(=O)CCC(=O)Nc2ccc(C)cc2C)cc1. The van der Waals surface area contributed by atoms with Gasteiger partial charge < -0.3 is 10.1 Å². The molecule has 24 heavy (non-hydrogen) atoms. The van der Waals surface area contributed by atoms with Crippen molar-refractivity contribution in [3.05, 3.63) is 59.2 Å². The van der Waals surface area contributed by atoms with Crippen LogP contribution in [0.1, 0.15) is 41.3 Å². The lowest BCUT2D eigenvalue weighted by Crippen LogP contribution is -2.14. The number of rotatable bonds is 7. The highest BCUT2D eigenvalue weighted by Crippen LogP contribution is 2.17. The maximum Gasteiger partial charge on any atom is 0.224 e. The Kier molecular flexibility index (Phi) is 6.13. The largest absolute Gasteiger partial charge is 0.494 e. The molecule has 0 aliphatic rings. The minimum Gasteiger partial charge on any atom is -0.494 e. The van der Waals surface area contributed by atoms with Crippen LogP contribution in [0, 0.1) is 13.8 Å². The number of aryl methyl sites for hydroxylation is 2. The Hall–Kier alpha value is -2.62. The summed E-state index contributed by atoms with van der Waals surface area (Å²) < 4.78 is 5.35. The molecule has 0 aliphatic carbocycles. The van der Waals surface area contributed by atoms with Crippen molar-refractivity contribution in [3.8, 4) is 5.75 Å². The van der Waals surface area contributed by atoms with Crippen LogP contribution in [-0.4, -0.2) is 18.3 Å². The molecule has 0 saturated carbocycles. The van der Waals surface area contributed by atoms with Gasteiger partial charge in [0.25, 0.3) is 0 Å². The second-order valence-corrected chi connectivity index (χ2v) is 5.75. The molecule has 0 heterocycles. The summed E-state index contributed by atoms with van der Waals surface area (Å²) in [5, 5.41) is 2.86. The fraction of sp³-hybridized carbons (Fsp3) is 0.300. The summed E-state index contributed by atoms with van der Waals surface area (Å²) >= 11 is 0. The maximum absolute atomic E-state index is 12.2. The number of hydrogen-bond acceptors (Lipinski definition) is 3. The standard InChI is InChI=1S/C20H23NO3/c1-4-24-17-8-6-16(7-9-17)19(22)11-12-20(23)21-18-10-5-14(2)13-15(18)3/h5-10,13H,4,11-12H2,1-3H3,(H,21,23). The minimum atomic E-state index is -0.152. The van der Waals surface area contributed by atoms with Gasteiger partial charge in [-0.1, -0.05) is 17.7 Å². The Morgan fingerprint density at radius 1 is 1.00 bits per heavy atom. The van der Waals surface area contributed by atoms with E-state index >= 15 is 0 Å². The molecule has 0 saturated heterocycles. The Bertz CT molecular complexity index is 720. The first-order chi connectivity index (χ1) is 11.5. The summed E-state index contributed by atoms with van der Waals surface area (Å²) in [6.07, 6.45) is 0.351. The van der Waals surface area contributed by atoms with Crippen LogP contribution in [0.25, 0.3) is 0 Å². The van der Waals surface area contributed by atoms with E-state index in [1.165, 1.54) is 0 Å². The second-order valence-electron chi connectivity index (χ2n) is 5.75. The molecule has 0 atom stereocenters. The van der Waals surface area contributed by atoms with Gasteiger partial charge in [0.05, 0.1) is 6.61 Å². The van der Waals surface area contributed by atoms with Gasteiger partial charge in [-0.2, -0.15) is 0 Å². The molecule has 2 aromatic carbocycles. The minimum absolute atomic E-state index is 0.0474. The van der Waals surface area contributed by atoms with Crippen molar-refractivity contribution < 1.29 is 14.3 Å². The fourth-order valence-electron chi connectivity index (χ4n) is 2.44. The lowest BCUT2D eigenvalue weighted by Gasteiger charge is -2.09. The predicted molar refractivity (Wildman–Crippen MR) is 95.7 cm³/mol. The van der Waals surface area contributed by atoms with E-state index in [1.54, 1.807) is 24.3 Å². The second kappa shape index (κ2) is 8.29. The van der Waals surface area contributed by atoms with Crippen molar-refractivity contribution in [3.63, 3.8) is 0 Å². The third-order valence-electron chi connectivity index (χ3n) is 3.72. The van der Waals surface area contributed by atoms with Crippen LogP contribution in [0.4, 0.5) is 5.69 Å². The van der Waals surface area contributed by atoms with Gasteiger partial charge >= 0.3 is 0 Å². The van der Waals surface area contributed by atoms with E-state index < -0.39 is 0 Å². The molecule has 2 aromatic rings. The summed E-state index contributed by atoms with van der Waals surface area (Å²) in [5.41, 5.74) is 3.55. The van der Waals surface area contributed by atoms with Crippen LogP contribution in [0.2, 0.25) is 0 Å². The van der Waals surface area contributed by atoms with Crippen LogP contribution in [0.15, 0.2) is 42.5 Å². The summed E-state index contributed by atoms with van der Waals surface area (Å²) in [6.45, 7) is 6.46. The Labute approximate surface area is 142 Å². The zero-order chi connectivity index (χ0) is 17.5. The van der Waals surface area contributed by atoms with Gasteiger partial charge in [-0.3, -0.25) is 9.59 Å². The monoisotopic (exact) mass is 325 g/mol. The number of nitrogens with one attached hydrogen (secondary N) is 1. The zero-order valence-corrected chi connectivity index (χ0v) is 14.4. The lowest BCUT2D eigenvalue weighted by atomic mass is 10.1. The average Bonchev–Trinajstić information content (AvgIpc) is 2.56. The molecule has 0 aliphatic heterocycles. The number of Topliss-reactive ketones (excluding diaryl/α,β-unsaturated/α-hetero) is 1. The van der Waals surface area contributed by atoms with Gasteiger partial charge in [-0.05, 0) is 56.7 Å². The quantitative estimate of drug-likeness (QED) is 0.772. The van der Waals surface area contributed by atoms with Crippen molar-refractivity contribution in [2.24, 2.45) is 0 Å². The normalized spacial score (nSPS) is 10.3. The Morgan fingerprint density at radius 3 is 2.33 bits per heavy atom. The Morgan fingerprint density at radius 2 is 1.71 bits per heavy atom. The van der Waals surface area contributed by atoms with Crippen molar-refractivity contribution in [1.29, 1.82) is 0 Å². The summed E-state index contributed by atoms with van der Waals surface area (Å²) in [7, 11) is 0. The highest BCUT2D eigenvalue weighted by atomic mass is 16.5. The Balaban J connectivity index is 1.87. The third-order valence-corrected chi connectivity index (χ3v) is 3.72. The maximum atomic E-state index is 12.2. The molecule has 0 spiro atoms. The highest BCUT2D eigenvalue weighted by Gasteiger charge is 2.10. The molecule has 0 radical (unpaired) electrons. The van der Waals surface area contributed by atoms with E-state index in [0.717, 1.165) is 22.6 Å². The number of ketones is 1. The number of benzene rings is 2. The van der Waals surface area contributed by atoms with E-state index in [1.807, 2.05) is 39.0 Å². The summed E-state index contributed by atoms with van der Waals surface area (Å²) in [4.78, 5) is 24.2. The van der Waals surface area contributed by atoms with Crippen LogP contribution >= 0.6 is 0 Å². The van der Waals surface area contributed by atoms with Crippen LogP contribution in [0.5, 0.6) is 5.75 Å². The first kappa shape index (κ1) is 17.7. The number of ether oxygens (including phenoxy) is 1. The number of hydrogen-bond donors (Lipinski definition) is 1. The average molecular weight is 325 g/mol. The molecular formula is C20H23NO3. The molecule has 1 N–H and O–H groups in total. The number of anilines is 1. The first-order valence-electron chi connectivity index (χ1n) is 8.12. The van der Waals surface area contributed by atoms with Crippen LogP contribution in [0.3, 0.4) is 0 Å². The van der Waals surface area contributed by atoms with Gasteiger partial charge in [-0.15, -0.1) is 0 Å². The smallest absolute Gasteiger partial charge is 0.224 e. The molecule has 0 unspecified atom stereocenters. The topological polar surface area (TPSA) is 55.4 Å². The van der Waals surface area contributed by atoms with Crippen molar-refractivity contribution in [1.82, 2.24) is 0 Å². The van der Waals surface area contributed by atoms with Crippen molar-refractivity contribution in [2.45, 2.75) is 33.6 Å². The summed E-state index contributed by atoms with van der Waals surface area (Å²) in [6, 6.07) is 12.9.